The van der Waals surface area contributed by atoms with Crippen molar-refractivity contribution in [3.63, 3.8) is 0 Å². The molecule has 0 radical (unpaired) electrons. The summed E-state index contributed by atoms with van der Waals surface area (Å²) in [4.78, 5) is 6.37. The lowest BCUT2D eigenvalue weighted by molar-refractivity contribution is -0.0274. The number of ether oxygens (including phenoxy) is 1. The maximum atomic E-state index is 6.07. The summed E-state index contributed by atoms with van der Waals surface area (Å²) in [6, 6.07) is 3.93. The lowest BCUT2D eigenvalue weighted by Crippen LogP contribution is -2.48. The number of hydrogen-bond acceptors (Lipinski definition) is 6. The van der Waals surface area contributed by atoms with Gasteiger partial charge in [0.25, 0.3) is 0 Å². The molecule has 2 aromatic heterocycles. The fourth-order valence-corrected chi connectivity index (χ4v) is 3.35. The van der Waals surface area contributed by atoms with E-state index in [1.165, 1.54) is 11.5 Å². The van der Waals surface area contributed by atoms with Crippen LogP contribution in [-0.4, -0.2) is 34.7 Å². The van der Waals surface area contributed by atoms with Crippen LogP contribution in [0.5, 0.6) is 0 Å². The van der Waals surface area contributed by atoms with Crippen LogP contribution in [0.4, 0.5) is 10.8 Å². The van der Waals surface area contributed by atoms with E-state index in [0.29, 0.717) is 5.82 Å². The minimum atomic E-state index is -0.146. The molecule has 0 spiro atoms. The smallest absolute Gasteiger partial charge is 0.147 e. The topological polar surface area (TPSA) is 64.3 Å². The molecule has 0 saturated carbocycles. The van der Waals surface area contributed by atoms with E-state index in [4.69, 9.17) is 10.5 Å². The summed E-state index contributed by atoms with van der Waals surface area (Å²) in [7, 11) is 0. The van der Waals surface area contributed by atoms with Gasteiger partial charge >= 0.3 is 0 Å². The Morgan fingerprint density at radius 2 is 2.10 bits per heavy atom. The third kappa shape index (κ3) is 2.48. The van der Waals surface area contributed by atoms with Crippen molar-refractivity contribution >= 4 is 22.4 Å². The average Bonchev–Trinajstić information content (AvgIpc) is 2.80. The molecule has 3 rings (SSSR count). The van der Waals surface area contributed by atoms with Gasteiger partial charge in [0.05, 0.1) is 17.8 Å². The van der Waals surface area contributed by atoms with Crippen molar-refractivity contribution in [2.45, 2.75) is 19.4 Å². The Labute approximate surface area is 122 Å². The van der Waals surface area contributed by atoms with Crippen LogP contribution in [0.1, 0.15) is 13.8 Å². The lowest BCUT2D eigenvalue weighted by atomic mass is 10.1. The summed E-state index contributed by atoms with van der Waals surface area (Å²) in [5.41, 5.74) is 7.99. The third-order valence-electron chi connectivity index (χ3n) is 3.38. The van der Waals surface area contributed by atoms with Gasteiger partial charge in [0.15, 0.2) is 0 Å². The Balaban J connectivity index is 1.99. The van der Waals surface area contributed by atoms with Crippen LogP contribution < -0.4 is 10.6 Å². The number of anilines is 2. The van der Waals surface area contributed by atoms with E-state index < -0.39 is 0 Å². The highest BCUT2D eigenvalue weighted by atomic mass is 32.1. The standard InChI is InChI=1S/C14H18N4OS/c1-14(2)9-18(7-8-19-14)13-11(12(15)17-20-13)10-3-5-16-6-4-10/h3-6H,7-9H2,1-2H3,(H2,15,17). The number of morpholine rings is 1. The molecule has 20 heavy (non-hydrogen) atoms. The molecule has 0 bridgehead atoms. The van der Waals surface area contributed by atoms with Gasteiger partial charge in [0.2, 0.25) is 0 Å². The molecule has 0 atom stereocenters. The number of nitrogens with zero attached hydrogens (tertiary/aromatic N) is 3. The molecule has 3 heterocycles. The minimum Gasteiger partial charge on any atom is -0.382 e. The van der Waals surface area contributed by atoms with Crippen LogP contribution >= 0.6 is 11.5 Å². The first-order valence-electron chi connectivity index (χ1n) is 6.61. The number of aromatic nitrogens is 2. The Hall–Kier alpha value is -1.66. The largest absolute Gasteiger partial charge is 0.382 e. The van der Waals surface area contributed by atoms with Gasteiger partial charge in [-0.25, -0.2) is 0 Å². The van der Waals surface area contributed by atoms with E-state index in [-0.39, 0.29) is 5.60 Å². The molecule has 0 aliphatic carbocycles. The zero-order valence-electron chi connectivity index (χ0n) is 11.7. The monoisotopic (exact) mass is 290 g/mol. The summed E-state index contributed by atoms with van der Waals surface area (Å²) in [6.07, 6.45) is 3.55. The third-order valence-corrected chi connectivity index (χ3v) is 4.31. The maximum absolute atomic E-state index is 6.07. The van der Waals surface area contributed by atoms with Gasteiger partial charge in [-0.3, -0.25) is 4.98 Å². The van der Waals surface area contributed by atoms with Gasteiger partial charge in [0.1, 0.15) is 10.8 Å². The molecule has 6 heteroatoms. The minimum absolute atomic E-state index is 0.146. The van der Waals surface area contributed by atoms with Gasteiger partial charge in [-0.05, 0) is 43.1 Å². The van der Waals surface area contributed by atoms with Crippen molar-refractivity contribution in [2.24, 2.45) is 0 Å². The Bertz CT molecular complexity index is 596. The van der Waals surface area contributed by atoms with E-state index >= 15 is 0 Å². The average molecular weight is 290 g/mol. The Kier molecular flexibility index (Phi) is 3.35. The first kappa shape index (κ1) is 13.3. The molecule has 0 unspecified atom stereocenters. The number of rotatable bonds is 2. The van der Waals surface area contributed by atoms with Gasteiger partial charge in [-0.15, -0.1) is 0 Å². The van der Waals surface area contributed by atoms with Gasteiger partial charge in [-0.1, -0.05) is 0 Å². The van der Waals surface area contributed by atoms with Gasteiger partial charge in [-0.2, -0.15) is 4.37 Å². The SMILES string of the molecule is CC1(C)CN(c2snc(N)c2-c2ccncc2)CCO1. The van der Waals surface area contributed by atoms with Crippen molar-refractivity contribution in [1.29, 1.82) is 0 Å². The summed E-state index contributed by atoms with van der Waals surface area (Å²) in [6.45, 7) is 6.64. The molecule has 0 amide bonds. The normalized spacial score (nSPS) is 18.2. The highest BCUT2D eigenvalue weighted by Crippen LogP contribution is 2.40. The summed E-state index contributed by atoms with van der Waals surface area (Å²) >= 11 is 1.45. The van der Waals surface area contributed by atoms with E-state index in [9.17, 15) is 0 Å². The van der Waals surface area contributed by atoms with Crippen LogP contribution in [0, 0.1) is 0 Å². The van der Waals surface area contributed by atoms with E-state index in [0.717, 1.165) is 35.8 Å². The second kappa shape index (κ2) is 5.03. The predicted molar refractivity (Wildman–Crippen MR) is 82.0 cm³/mol. The van der Waals surface area contributed by atoms with Crippen molar-refractivity contribution < 1.29 is 4.74 Å². The van der Waals surface area contributed by atoms with Gasteiger partial charge < -0.3 is 15.4 Å². The predicted octanol–water partition coefficient (Wildman–Crippen LogP) is 2.40. The second-order valence-electron chi connectivity index (χ2n) is 5.51. The second-order valence-corrected chi connectivity index (χ2v) is 6.27. The Morgan fingerprint density at radius 1 is 1.35 bits per heavy atom. The van der Waals surface area contributed by atoms with Crippen LogP contribution in [0.25, 0.3) is 11.1 Å². The van der Waals surface area contributed by atoms with E-state index in [1.807, 2.05) is 12.1 Å². The highest BCUT2D eigenvalue weighted by Gasteiger charge is 2.30. The van der Waals surface area contributed by atoms with Crippen LogP contribution in [0.15, 0.2) is 24.5 Å². The fraction of sp³-hybridized carbons (Fsp3) is 0.429. The molecule has 5 nitrogen and oxygen atoms in total. The quantitative estimate of drug-likeness (QED) is 0.920. The van der Waals surface area contributed by atoms with Crippen molar-refractivity contribution in [2.75, 3.05) is 30.3 Å². The summed E-state index contributed by atoms with van der Waals surface area (Å²) in [5.74, 6) is 0.584. The van der Waals surface area contributed by atoms with Crippen LogP contribution in [0.2, 0.25) is 0 Å². The number of nitrogen functional groups attached to an aromatic ring is 1. The first-order valence-corrected chi connectivity index (χ1v) is 7.39. The Morgan fingerprint density at radius 3 is 2.80 bits per heavy atom. The molecule has 1 saturated heterocycles. The van der Waals surface area contributed by atoms with E-state index in [2.05, 4.69) is 28.1 Å². The summed E-state index contributed by atoms with van der Waals surface area (Å²) < 4.78 is 10.1. The maximum Gasteiger partial charge on any atom is 0.147 e. The summed E-state index contributed by atoms with van der Waals surface area (Å²) in [5, 5.41) is 1.12. The number of nitrogens with two attached hydrogens (primary N) is 1. The molecule has 2 N–H and O–H groups in total. The molecule has 106 valence electrons. The lowest BCUT2D eigenvalue weighted by Gasteiger charge is -2.39. The van der Waals surface area contributed by atoms with E-state index in [1.54, 1.807) is 12.4 Å². The highest BCUT2D eigenvalue weighted by molar-refractivity contribution is 7.11. The zero-order valence-corrected chi connectivity index (χ0v) is 12.5. The number of pyridine rings is 1. The molecular weight excluding hydrogens is 272 g/mol. The van der Waals surface area contributed by atoms with Crippen molar-refractivity contribution in [3.05, 3.63) is 24.5 Å². The molecule has 0 aromatic carbocycles. The van der Waals surface area contributed by atoms with Crippen LogP contribution in [-0.2, 0) is 4.74 Å². The fourth-order valence-electron chi connectivity index (χ4n) is 2.49. The van der Waals surface area contributed by atoms with Crippen molar-refractivity contribution in [1.82, 2.24) is 9.36 Å². The molecule has 1 fully saturated rings. The zero-order chi connectivity index (χ0) is 14.2. The van der Waals surface area contributed by atoms with Crippen LogP contribution in [0.3, 0.4) is 0 Å². The van der Waals surface area contributed by atoms with Crippen molar-refractivity contribution in [3.8, 4) is 11.1 Å². The molecule has 2 aromatic rings. The molecular formula is C14H18N4OS. The first-order chi connectivity index (χ1) is 9.57. The molecule has 1 aliphatic rings. The molecule has 1 aliphatic heterocycles. The number of hydrogen-bond donors (Lipinski definition) is 1. The van der Waals surface area contributed by atoms with Gasteiger partial charge in [0, 0.05) is 25.5 Å².